The predicted molar refractivity (Wildman–Crippen MR) is 62.0 cm³/mol. The number of unbranched alkanes of at least 4 members (excludes halogenated alkanes) is 1. The van der Waals surface area contributed by atoms with E-state index in [1.54, 1.807) is 0 Å². The van der Waals surface area contributed by atoms with Gasteiger partial charge in [0.05, 0.1) is 0 Å². The molecule has 3 unspecified atom stereocenters. The lowest BCUT2D eigenvalue weighted by Gasteiger charge is -2.33. The van der Waals surface area contributed by atoms with Crippen molar-refractivity contribution in [2.24, 2.45) is 11.8 Å². The van der Waals surface area contributed by atoms with Crippen LogP contribution in [0.4, 0.5) is 0 Å². The molecule has 1 aliphatic carbocycles. The zero-order valence-corrected chi connectivity index (χ0v) is 9.55. The van der Waals surface area contributed by atoms with Gasteiger partial charge < -0.3 is 5.32 Å². The summed E-state index contributed by atoms with van der Waals surface area (Å²) in [7, 11) is 0. The number of hydrogen-bond acceptors (Lipinski definition) is 1. The van der Waals surface area contributed by atoms with Crippen LogP contribution in [0.5, 0.6) is 0 Å². The minimum Gasteiger partial charge on any atom is -0.314 e. The van der Waals surface area contributed by atoms with Gasteiger partial charge in [-0.05, 0) is 44.1 Å². The maximum atomic E-state index is 5.22. The average molecular weight is 193 g/mol. The molecule has 3 atom stereocenters. The quantitative estimate of drug-likeness (QED) is 0.535. The molecule has 1 aliphatic rings. The number of terminal acetylenes is 1. The Balaban J connectivity index is 2.15. The average Bonchev–Trinajstić information content (AvgIpc) is 2.15. The summed E-state index contributed by atoms with van der Waals surface area (Å²) in [6, 6.07) is 0.740. The van der Waals surface area contributed by atoms with Crippen LogP contribution in [-0.2, 0) is 0 Å². The van der Waals surface area contributed by atoms with E-state index in [-0.39, 0.29) is 0 Å². The third-order valence-corrected chi connectivity index (χ3v) is 3.34. The van der Waals surface area contributed by atoms with Crippen molar-refractivity contribution in [3.63, 3.8) is 0 Å². The molecule has 1 N–H and O–H groups in total. The molecule has 0 amide bonds. The molecule has 0 radical (unpaired) electrons. The van der Waals surface area contributed by atoms with Crippen molar-refractivity contribution in [2.75, 3.05) is 6.54 Å². The van der Waals surface area contributed by atoms with Crippen molar-refractivity contribution < 1.29 is 0 Å². The Morgan fingerprint density at radius 3 is 2.79 bits per heavy atom. The number of nitrogens with one attached hydrogen (secondary N) is 1. The van der Waals surface area contributed by atoms with E-state index < -0.39 is 0 Å². The van der Waals surface area contributed by atoms with Crippen molar-refractivity contribution in [3.8, 4) is 12.3 Å². The molecule has 0 bridgehead atoms. The summed E-state index contributed by atoms with van der Waals surface area (Å²) < 4.78 is 0. The van der Waals surface area contributed by atoms with Crippen LogP contribution in [0.1, 0.15) is 46.0 Å². The summed E-state index contributed by atoms with van der Waals surface area (Å²) in [6.07, 6.45) is 11.4. The monoisotopic (exact) mass is 193 g/mol. The molecule has 0 heterocycles. The summed E-state index contributed by atoms with van der Waals surface area (Å²) in [6.45, 7) is 5.83. The second-order valence-corrected chi connectivity index (χ2v) is 4.76. The lowest BCUT2D eigenvalue weighted by atomic mass is 9.80. The first-order valence-electron chi connectivity index (χ1n) is 5.91. The van der Waals surface area contributed by atoms with Gasteiger partial charge in [0.15, 0.2) is 0 Å². The predicted octanol–water partition coefficient (Wildman–Crippen LogP) is 2.81. The molecule has 1 nitrogen and oxygen atoms in total. The Labute approximate surface area is 88.7 Å². The highest BCUT2D eigenvalue weighted by Crippen LogP contribution is 2.28. The lowest BCUT2D eigenvalue weighted by Crippen LogP contribution is -2.39. The van der Waals surface area contributed by atoms with E-state index in [2.05, 4.69) is 25.1 Å². The van der Waals surface area contributed by atoms with Crippen LogP contribution in [0.3, 0.4) is 0 Å². The van der Waals surface area contributed by atoms with E-state index in [0.29, 0.717) is 0 Å². The molecule has 0 aromatic heterocycles. The van der Waals surface area contributed by atoms with Crippen molar-refractivity contribution in [2.45, 2.75) is 52.0 Å². The smallest absolute Gasteiger partial charge is 0.00981 e. The zero-order valence-electron chi connectivity index (χ0n) is 9.55. The van der Waals surface area contributed by atoms with Crippen LogP contribution in [-0.4, -0.2) is 12.6 Å². The number of rotatable bonds is 4. The molecule has 14 heavy (non-hydrogen) atoms. The molecular formula is C13H23N. The van der Waals surface area contributed by atoms with Gasteiger partial charge in [-0.3, -0.25) is 0 Å². The van der Waals surface area contributed by atoms with E-state index in [0.717, 1.165) is 37.3 Å². The molecule has 0 aromatic rings. The molecule has 0 spiro atoms. The highest BCUT2D eigenvalue weighted by atomic mass is 14.9. The highest BCUT2D eigenvalue weighted by Gasteiger charge is 2.24. The standard InChI is InChI=1S/C13H23N/c1-4-5-6-9-14-13-8-7-11(2)10-12(13)3/h1,11-14H,5-10H2,2-3H3. The van der Waals surface area contributed by atoms with E-state index >= 15 is 0 Å². The topological polar surface area (TPSA) is 12.0 Å². The van der Waals surface area contributed by atoms with Gasteiger partial charge >= 0.3 is 0 Å². The van der Waals surface area contributed by atoms with Gasteiger partial charge in [-0.25, -0.2) is 0 Å². The van der Waals surface area contributed by atoms with Gasteiger partial charge in [0, 0.05) is 12.5 Å². The molecule has 0 aromatic carbocycles. The van der Waals surface area contributed by atoms with Gasteiger partial charge in [-0.15, -0.1) is 12.3 Å². The van der Waals surface area contributed by atoms with Gasteiger partial charge in [0.2, 0.25) is 0 Å². The van der Waals surface area contributed by atoms with Crippen LogP contribution in [0, 0.1) is 24.2 Å². The third-order valence-electron chi connectivity index (χ3n) is 3.34. The summed E-state index contributed by atoms with van der Waals surface area (Å²) in [5, 5.41) is 3.63. The van der Waals surface area contributed by atoms with Crippen LogP contribution in [0.25, 0.3) is 0 Å². The Morgan fingerprint density at radius 2 is 2.14 bits per heavy atom. The van der Waals surface area contributed by atoms with Crippen LogP contribution in [0.2, 0.25) is 0 Å². The number of hydrogen-bond donors (Lipinski definition) is 1. The van der Waals surface area contributed by atoms with Crippen molar-refractivity contribution in [3.05, 3.63) is 0 Å². The fraction of sp³-hybridized carbons (Fsp3) is 0.846. The minimum absolute atomic E-state index is 0.740. The van der Waals surface area contributed by atoms with E-state index in [4.69, 9.17) is 6.42 Å². The van der Waals surface area contributed by atoms with Gasteiger partial charge in [-0.2, -0.15) is 0 Å². The van der Waals surface area contributed by atoms with Crippen LogP contribution < -0.4 is 5.32 Å². The Morgan fingerprint density at radius 1 is 1.36 bits per heavy atom. The van der Waals surface area contributed by atoms with Gasteiger partial charge in [0.25, 0.3) is 0 Å². The molecule has 0 saturated heterocycles. The summed E-state index contributed by atoms with van der Waals surface area (Å²) in [4.78, 5) is 0. The summed E-state index contributed by atoms with van der Waals surface area (Å²) in [5.41, 5.74) is 0. The highest BCUT2D eigenvalue weighted by molar-refractivity contribution is 4.85. The fourth-order valence-corrected chi connectivity index (χ4v) is 2.45. The Kier molecular flexibility index (Phi) is 5.04. The lowest BCUT2D eigenvalue weighted by molar-refractivity contribution is 0.228. The molecule has 1 heteroatoms. The molecule has 1 fully saturated rings. The van der Waals surface area contributed by atoms with Crippen LogP contribution >= 0.6 is 0 Å². The zero-order chi connectivity index (χ0) is 10.4. The fourth-order valence-electron chi connectivity index (χ4n) is 2.45. The van der Waals surface area contributed by atoms with Crippen molar-refractivity contribution in [1.29, 1.82) is 0 Å². The third kappa shape index (κ3) is 3.72. The molecule has 0 aliphatic heterocycles. The first-order chi connectivity index (χ1) is 6.74. The SMILES string of the molecule is C#CCCCNC1CCC(C)CC1C. The molecule has 1 saturated carbocycles. The first kappa shape index (κ1) is 11.6. The van der Waals surface area contributed by atoms with Gasteiger partial charge in [0.1, 0.15) is 0 Å². The van der Waals surface area contributed by atoms with Crippen molar-refractivity contribution in [1.82, 2.24) is 5.32 Å². The maximum absolute atomic E-state index is 5.22. The van der Waals surface area contributed by atoms with E-state index in [1.165, 1.54) is 19.3 Å². The maximum Gasteiger partial charge on any atom is 0.00981 e. The summed E-state index contributed by atoms with van der Waals surface area (Å²) in [5.74, 6) is 4.45. The normalized spacial score (nSPS) is 32.5. The minimum atomic E-state index is 0.740. The Bertz CT molecular complexity index is 192. The van der Waals surface area contributed by atoms with Crippen LogP contribution in [0.15, 0.2) is 0 Å². The van der Waals surface area contributed by atoms with E-state index in [1.807, 2.05) is 0 Å². The Hall–Kier alpha value is -0.480. The molecular weight excluding hydrogens is 170 g/mol. The second-order valence-electron chi connectivity index (χ2n) is 4.76. The first-order valence-corrected chi connectivity index (χ1v) is 5.91. The second kappa shape index (κ2) is 6.09. The van der Waals surface area contributed by atoms with Crippen molar-refractivity contribution >= 4 is 0 Å². The van der Waals surface area contributed by atoms with Gasteiger partial charge in [-0.1, -0.05) is 13.8 Å². The van der Waals surface area contributed by atoms with E-state index in [9.17, 15) is 0 Å². The molecule has 80 valence electrons. The largest absolute Gasteiger partial charge is 0.314 e. The molecule has 1 rings (SSSR count). The summed E-state index contributed by atoms with van der Waals surface area (Å²) >= 11 is 0.